The van der Waals surface area contributed by atoms with Gasteiger partial charge in [0.25, 0.3) is 0 Å². The summed E-state index contributed by atoms with van der Waals surface area (Å²) < 4.78 is 0. The third kappa shape index (κ3) is 2.78. The molecule has 0 nitrogen and oxygen atoms in total. The fourth-order valence-corrected chi connectivity index (χ4v) is 4.81. The molecule has 1 aliphatic rings. The zero-order valence-corrected chi connectivity index (χ0v) is 15.2. The molecule has 3 atom stereocenters. The van der Waals surface area contributed by atoms with E-state index in [-0.39, 0.29) is 0 Å². The van der Waals surface area contributed by atoms with Gasteiger partial charge in [0.15, 0.2) is 0 Å². The van der Waals surface area contributed by atoms with Crippen LogP contribution in [0, 0.1) is 0 Å². The Kier molecular flexibility index (Phi) is 4.10. The van der Waals surface area contributed by atoms with Crippen LogP contribution in [-0.2, 0) is 0 Å². The maximum absolute atomic E-state index is 2.33. The van der Waals surface area contributed by atoms with Gasteiger partial charge in [-0.15, -0.1) is 0 Å². The molecule has 4 aromatic rings. The highest BCUT2D eigenvalue weighted by Crippen LogP contribution is 2.56. The summed E-state index contributed by atoms with van der Waals surface area (Å²) in [6.45, 7) is 0. The second-order valence-electron chi connectivity index (χ2n) is 7.34. The third-order valence-corrected chi connectivity index (χ3v) is 5.89. The van der Waals surface area contributed by atoms with Crippen LogP contribution in [0.3, 0.4) is 0 Å². The van der Waals surface area contributed by atoms with E-state index >= 15 is 0 Å². The second kappa shape index (κ2) is 6.89. The zero-order valence-electron chi connectivity index (χ0n) is 15.2. The quantitative estimate of drug-likeness (QED) is 0.385. The molecule has 1 unspecified atom stereocenters. The lowest BCUT2D eigenvalue weighted by Gasteiger charge is -2.27. The van der Waals surface area contributed by atoms with Gasteiger partial charge in [0, 0.05) is 17.8 Å². The Balaban J connectivity index is 1.77. The summed E-state index contributed by atoms with van der Waals surface area (Å²) >= 11 is 0. The number of hydrogen-bond donors (Lipinski definition) is 0. The smallest absolute Gasteiger partial charge is 0.0170 e. The van der Waals surface area contributed by atoms with Gasteiger partial charge in [-0.25, -0.2) is 0 Å². The molecule has 0 saturated carbocycles. The molecule has 0 N–H and O–H groups in total. The van der Waals surface area contributed by atoms with Crippen LogP contribution in [0.15, 0.2) is 115 Å². The van der Waals surface area contributed by atoms with Crippen LogP contribution in [0.1, 0.15) is 45.6 Å². The van der Waals surface area contributed by atoms with E-state index in [0.29, 0.717) is 17.8 Å². The topological polar surface area (TPSA) is 0 Å². The fraction of sp³-hybridized carbons (Fsp3) is 0.111. The SMILES string of the molecule is c1ccc(C2[C@H](c3ccccc3)c3ccccc3[C@@H]2c2ccccc2)cc1. The molecule has 0 radical (unpaired) electrons. The normalized spacial score (nSPS) is 21.0. The van der Waals surface area contributed by atoms with Crippen LogP contribution in [-0.4, -0.2) is 0 Å². The lowest BCUT2D eigenvalue weighted by Crippen LogP contribution is -2.13. The Morgan fingerprint density at radius 3 is 1.07 bits per heavy atom. The summed E-state index contributed by atoms with van der Waals surface area (Å²) in [5, 5.41) is 0. The van der Waals surface area contributed by atoms with Gasteiger partial charge in [0.1, 0.15) is 0 Å². The minimum absolute atomic E-state index is 0.370. The van der Waals surface area contributed by atoms with E-state index in [0.717, 1.165) is 0 Å². The molecule has 0 spiro atoms. The van der Waals surface area contributed by atoms with Gasteiger partial charge >= 0.3 is 0 Å². The van der Waals surface area contributed by atoms with Crippen molar-refractivity contribution in [2.24, 2.45) is 0 Å². The van der Waals surface area contributed by atoms with Crippen LogP contribution in [0.25, 0.3) is 0 Å². The Bertz CT molecular complexity index is 953. The lowest BCUT2D eigenvalue weighted by atomic mass is 9.75. The Morgan fingerprint density at radius 1 is 0.333 bits per heavy atom. The van der Waals surface area contributed by atoms with Crippen molar-refractivity contribution < 1.29 is 0 Å². The molecule has 1 aliphatic carbocycles. The predicted molar refractivity (Wildman–Crippen MR) is 112 cm³/mol. The second-order valence-corrected chi connectivity index (χ2v) is 7.34. The first-order chi connectivity index (χ1) is 13.4. The maximum atomic E-state index is 2.33. The molecule has 0 aliphatic heterocycles. The van der Waals surface area contributed by atoms with Gasteiger partial charge in [0.2, 0.25) is 0 Å². The van der Waals surface area contributed by atoms with Crippen LogP contribution >= 0.6 is 0 Å². The standard InChI is InChI=1S/C27H22/c1-4-12-20(13-5-1)25-23-18-10-11-19-24(23)26(21-14-6-2-7-15-21)27(25)22-16-8-3-9-17-22/h1-19,25-27H/t25-,26+,27?. The monoisotopic (exact) mass is 346 g/mol. The molecule has 4 aromatic carbocycles. The van der Waals surface area contributed by atoms with Gasteiger partial charge < -0.3 is 0 Å². The summed E-state index contributed by atoms with van der Waals surface area (Å²) in [5.74, 6) is 1.14. The Labute approximate surface area is 161 Å². The summed E-state index contributed by atoms with van der Waals surface area (Å²) in [4.78, 5) is 0. The minimum atomic E-state index is 0.370. The molecular weight excluding hydrogens is 324 g/mol. The highest BCUT2D eigenvalue weighted by molar-refractivity contribution is 5.55. The number of hydrogen-bond acceptors (Lipinski definition) is 0. The first-order valence-corrected chi connectivity index (χ1v) is 9.67. The lowest BCUT2D eigenvalue weighted by molar-refractivity contribution is 0.596. The molecule has 130 valence electrons. The van der Waals surface area contributed by atoms with Crippen LogP contribution in [0.4, 0.5) is 0 Å². The van der Waals surface area contributed by atoms with Gasteiger partial charge in [0.05, 0.1) is 0 Å². The molecule has 0 fully saturated rings. The van der Waals surface area contributed by atoms with E-state index in [1.807, 2.05) is 0 Å². The van der Waals surface area contributed by atoms with Crippen molar-refractivity contribution in [3.8, 4) is 0 Å². The third-order valence-electron chi connectivity index (χ3n) is 5.89. The summed E-state index contributed by atoms with van der Waals surface area (Å²) in [7, 11) is 0. The first kappa shape index (κ1) is 16.1. The van der Waals surface area contributed by atoms with E-state index in [4.69, 9.17) is 0 Å². The zero-order chi connectivity index (χ0) is 18.1. The predicted octanol–water partition coefficient (Wildman–Crippen LogP) is 6.75. The minimum Gasteiger partial charge on any atom is -0.0622 e. The molecule has 27 heavy (non-hydrogen) atoms. The fourth-order valence-electron chi connectivity index (χ4n) is 4.81. The van der Waals surface area contributed by atoms with Gasteiger partial charge in [-0.2, -0.15) is 0 Å². The van der Waals surface area contributed by atoms with Crippen molar-refractivity contribution in [3.63, 3.8) is 0 Å². The van der Waals surface area contributed by atoms with E-state index < -0.39 is 0 Å². The van der Waals surface area contributed by atoms with Crippen molar-refractivity contribution in [2.75, 3.05) is 0 Å². The summed E-state index contributed by atoms with van der Waals surface area (Å²) in [6, 6.07) is 42.1. The van der Waals surface area contributed by atoms with Crippen molar-refractivity contribution in [3.05, 3.63) is 143 Å². The van der Waals surface area contributed by atoms with Crippen molar-refractivity contribution in [2.45, 2.75) is 17.8 Å². The molecule has 0 saturated heterocycles. The number of rotatable bonds is 3. The molecule has 0 heteroatoms. The summed E-state index contributed by atoms with van der Waals surface area (Å²) in [6.07, 6.45) is 0. The van der Waals surface area contributed by atoms with E-state index in [9.17, 15) is 0 Å². The average Bonchev–Trinajstić information content (AvgIpc) is 3.11. The Morgan fingerprint density at radius 2 is 0.667 bits per heavy atom. The molecule has 0 bridgehead atoms. The highest BCUT2D eigenvalue weighted by atomic mass is 14.4. The van der Waals surface area contributed by atoms with Crippen LogP contribution < -0.4 is 0 Å². The van der Waals surface area contributed by atoms with E-state index in [2.05, 4.69) is 115 Å². The largest absolute Gasteiger partial charge is 0.0622 e. The van der Waals surface area contributed by atoms with Gasteiger partial charge in [-0.3, -0.25) is 0 Å². The van der Waals surface area contributed by atoms with Gasteiger partial charge in [-0.1, -0.05) is 115 Å². The summed E-state index contributed by atoms with van der Waals surface area (Å²) in [5.41, 5.74) is 7.14. The number of benzene rings is 4. The molecule has 0 amide bonds. The molecular formula is C27H22. The van der Waals surface area contributed by atoms with Crippen LogP contribution in [0.5, 0.6) is 0 Å². The van der Waals surface area contributed by atoms with Crippen molar-refractivity contribution in [1.82, 2.24) is 0 Å². The molecule has 5 rings (SSSR count). The maximum Gasteiger partial charge on any atom is 0.0170 e. The number of fused-ring (bicyclic) bond motifs is 1. The molecule has 0 aromatic heterocycles. The highest BCUT2D eigenvalue weighted by Gasteiger charge is 2.42. The Hall–Kier alpha value is -3.12. The van der Waals surface area contributed by atoms with Crippen molar-refractivity contribution in [1.29, 1.82) is 0 Å². The van der Waals surface area contributed by atoms with E-state index in [1.54, 1.807) is 0 Å². The van der Waals surface area contributed by atoms with Crippen LogP contribution in [0.2, 0.25) is 0 Å². The average molecular weight is 346 g/mol. The van der Waals surface area contributed by atoms with E-state index in [1.165, 1.54) is 27.8 Å². The van der Waals surface area contributed by atoms with Crippen molar-refractivity contribution >= 4 is 0 Å². The first-order valence-electron chi connectivity index (χ1n) is 9.67. The molecule has 0 heterocycles. The van der Waals surface area contributed by atoms with Gasteiger partial charge in [-0.05, 0) is 27.8 Å².